The first-order valence-electron chi connectivity index (χ1n) is 6.14. The van der Waals surface area contributed by atoms with Gasteiger partial charge in [-0.3, -0.25) is 9.78 Å². The summed E-state index contributed by atoms with van der Waals surface area (Å²) >= 11 is 5.82. The normalized spacial score (nSPS) is 23.2. The minimum atomic E-state index is -0.123. The number of halogens is 1. The Morgan fingerprint density at radius 2 is 2.42 bits per heavy atom. The molecule has 2 rings (SSSR count). The van der Waals surface area contributed by atoms with Gasteiger partial charge in [0.2, 0.25) is 0 Å². The fourth-order valence-electron chi connectivity index (χ4n) is 2.19. The van der Waals surface area contributed by atoms with Gasteiger partial charge < -0.3 is 14.4 Å². The summed E-state index contributed by atoms with van der Waals surface area (Å²) in [7, 11) is 1.53. The van der Waals surface area contributed by atoms with Crippen LogP contribution in [0.15, 0.2) is 18.5 Å². The highest BCUT2D eigenvalue weighted by Gasteiger charge is 2.29. The first-order chi connectivity index (χ1) is 9.15. The zero-order valence-electron chi connectivity index (χ0n) is 11.0. The minimum Gasteiger partial charge on any atom is -0.494 e. The number of ether oxygens (including phenoxy) is 2. The third-order valence-corrected chi connectivity index (χ3v) is 3.36. The number of methoxy groups -OCH3 is 1. The van der Waals surface area contributed by atoms with E-state index in [2.05, 4.69) is 4.98 Å². The number of pyridine rings is 1. The second-order valence-corrected chi connectivity index (χ2v) is 4.82. The van der Waals surface area contributed by atoms with Crippen molar-refractivity contribution < 1.29 is 14.3 Å². The van der Waals surface area contributed by atoms with Crippen LogP contribution in [0, 0.1) is 0 Å². The lowest BCUT2D eigenvalue weighted by molar-refractivity contribution is -0.0571. The minimum absolute atomic E-state index is 0.0192. The smallest absolute Gasteiger partial charge is 0.257 e. The molecule has 0 aliphatic carbocycles. The van der Waals surface area contributed by atoms with Crippen LogP contribution in [0.4, 0.5) is 0 Å². The molecule has 0 spiro atoms. The van der Waals surface area contributed by atoms with Crippen LogP contribution in [0.5, 0.6) is 5.75 Å². The molecule has 1 aliphatic rings. The quantitative estimate of drug-likeness (QED) is 0.791. The lowest BCUT2D eigenvalue weighted by atomic mass is 10.1. The standard InChI is InChI=1S/C13H17ClN2O3/c1-9-7-16(8-10(5-14)19-9)13(17)11-3-4-15-6-12(11)18-2/h3-4,6,9-10H,5,7-8H2,1-2H3. The summed E-state index contributed by atoms with van der Waals surface area (Å²) in [5, 5.41) is 0. The van der Waals surface area contributed by atoms with Crippen LogP contribution in [0.1, 0.15) is 17.3 Å². The molecule has 2 heterocycles. The molecule has 1 aromatic rings. The van der Waals surface area contributed by atoms with Gasteiger partial charge in [-0.2, -0.15) is 0 Å². The molecule has 1 saturated heterocycles. The van der Waals surface area contributed by atoms with Gasteiger partial charge in [0.05, 0.1) is 37.0 Å². The van der Waals surface area contributed by atoms with E-state index in [4.69, 9.17) is 21.1 Å². The van der Waals surface area contributed by atoms with Crippen molar-refractivity contribution in [3.05, 3.63) is 24.0 Å². The van der Waals surface area contributed by atoms with Gasteiger partial charge in [-0.25, -0.2) is 0 Å². The Morgan fingerprint density at radius 3 is 3.11 bits per heavy atom. The molecule has 104 valence electrons. The van der Waals surface area contributed by atoms with E-state index in [0.29, 0.717) is 30.3 Å². The first kappa shape index (κ1) is 14.1. The van der Waals surface area contributed by atoms with Crippen LogP contribution < -0.4 is 4.74 Å². The van der Waals surface area contributed by atoms with Crippen molar-refractivity contribution in [3.63, 3.8) is 0 Å². The number of hydrogen-bond acceptors (Lipinski definition) is 4. The Labute approximate surface area is 117 Å². The Hall–Kier alpha value is -1.33. The van der Waals surface area contributed by atoms with Crippen LogP contribution in [0.2, 0.25) is 0 Å². The lowest BCUT2D eigenvalue weighted by Crippen LogP contribution is -2.49. The van der Waals surface area contributed by atoms with Gasteiger partial charge in [0.1, 0.15) is 5.75 Å². The van der Waals surface area contributed by atoms with Crippen LogP contribution in [0.25, 0.3) is 0 Å². The van der Waals surface area contributed by atoms with E-state index in [1.165, 1.54) is 13.3 Å². The van der Waals surface area contributed by atoms with Crippen molar-refractivity contribution in [1.29, 1.82) is 0 Å². The largest absolute Gasteiger partial charge is 0.494 e. The van der Waals surface area contributed by atoms with E-state index < -0.39 is 0 Å². The van der Waals surface area contributed by atoms with Crippen LogP contribution >= 0.6 is 11.6 Å². The van der Waals surface area contributed by atoms with Crippen molar-refractivity contribution >= 4 is 17.5 Å². The summed E-state index contributed by atoms with van der Waals surface area (Å²) in [4.78, 5) is 18.2. The van der Waals surface area contributed by atoms with Crippen molar-refractivity contribution in [2.45, 2.75) is 19.1 Å². The number of aromatic nitrogens is 1. The second-order valence-electron chi connectivity index (χ2n) is 4.51. The maximum Gasteiger partial charge on any atom is 0.257 e. The molecule has 5 nitrogen and oxygen atoms in total. The van der Waals surface area contributed by atoms with Gasteiger partial charge in [-0.15, -0.1) is 11.6 Å². The molecule has 0 saturated carbocycles. The van der Waals surface area contributed by atoms with E-state index in [0.717, 1.165) is 0 Å². The Bertz CT molecular complexity index is 455. The molecule has 0 N–H and O–H groups in total. The topological polar surface area (TPSA) is 51.7 Å². The van der Waals surface area contributed by atoms with E-state index in [1.54, 1.807) is 17.2 Å². The number of nitrogens with zero attached hydrogens (tertiary/aromatic N) is 2. The molecule has 1 aliphatic heterocycles. The molecule has 2 unspecified atom stereocenters. The van der Waals surface area contributed by atoms with Gasteiger partial charge >= 0.3 is 0 Å². The fraction of sp³-hybridized carbons (Fsp3) is 0.538. The predicted molar refractivity (Wildman–Crippen MR) is 71.7 cm³/mol. The number of morpholine rings is 1. The third-order valence-electron chi connectivity index (χ3n) is 3.02. The number of carbonyl (C=O) groups is 1. The number of alkyl halides is 1. The predicted octanol–water partition coefficient (Wildman–Crippen LogP) is 1.56. The SMILES string of the molecule is COc1cnccc1C(=O)N1CC(C)OC(CCl)C1. The maximum atomic E-state index is 12.5. The number of carbonyl (C=O) groups excluding carboxylic acids is 1. The zero-order chi connectivity index (χ0) is 13.8. The molecule has 0 radical (unpaired) electrons. The molecule has 0 aromatic carbocycles. The summed E-state index contributed by atoms with van der Waals surface area (Å²) < 4.78 is 10.8. The molecule has 1 amide bonds. The number of rotatable bonds is 3. The molecule has 0 bridgehead atoms. The summed E-state index contributed by atoms with van der Waals surface area (Å²) in [5.41, 5.74) is 0.514. The molecular formula is C13H17ClN2O3. The summed E-state index contributed by atoms with van der Waals surface area (Å²) in [6.07, 6.45) is 2.98. The van der Waals surface area contributed by atoms with Crippen molar-refractivity contribution in [2.24, 2.45) is 0 Å². The van der Waals surface area contributed by atoms with E-state index in [9.17, 15) is 4.79 Å². The van der Waals surface area contributed by atoms with Crippen molar-refractivity contribution in [1.82, 2.24) is 9.88 Å². The molecule has 1 aromatic heterocycles. The highest BCUT2D eigenvalue weighted by Crippen LogP contribution is 2.21. The molecule has 19 heavy (non-hydrogen) atoms. The zero-order valence-corrected chi connectivity index (χ0v) is 11.8. The lowest BCUT2D eigenvalue weighted by Gasteiger charge is -2.36. The Morgan fingerprint density at radius 1 is 1.63 bits per heavy atom. The van der Waals surface area contributed by atoms with Crippen molar-refractivity contribution in [3.8, 4) is 5.75 Å². The average molecular weight is 285 g/mol. The van der Waals surface area contributed by atoms with Gasteiger partial charge in [0, 0.05) is 19.3 Å². The van der Waals surface area contributed by atoms with E-state index in [1.807, 2.05) is 6.92 Å². The van der Waals surface area contributed by atoms with Gasteiger partial charge in [0.25, 0.3) is 5.91 Å². The van der Waals surface area contributed by atoms with Gasteiger partial charge in [-0.05, 0) is 13.0 Å². The first-order valence-corrected chi connectivity index (χ1v) is 6.67. The molecular weight excluding hydrogens is 268 g/mol. The molecule has 1 fully saturated rings. The second kappa shape index (κ2) is 6.21. The van der Waals surface area contributed by atoms with Crippen molar-refractivity contribution in [2.75, 3.05) is 26.1 Å². The molecule has 6 heteroatoms. The van der Waals surface area contributed by atoms with E-state index in [-0.39, 0.29) is 18.1 Å². The van der Waals surface area contributed by atoms with Crippen LogP contribution in [-0.2, 0) is 4.74 Å². The van der Waals surface area contributed by atoms with Gasteiger partial charge in [0.15, 0.2) is 0 Å². The number of hydrogen-bond donors (Lipinski definition) is 0. The summed E-state index contributed by atoms with van der Waals surface area (Å²) in [6, 6.07) is 1.66. The Kier molecular flexibility index (Phi) is 4.61. The maximum absolute atomic E-state index is 12.5. The molecule has 2 atom stereocenters. The van der Waals surface area contributed by atoms with Crippen LogP contribution in [-0.4, -0.2) is 54.1 Å². The highest BCUT2D eigenvalue weighted by molar-refractivity contribution is 6.18. The van der Waals surface area contributed by atoms with Crippen LogP contribution in [0.3, 0.4) is 0 Å². The van der Waals surface area contributed by atoms with Gasteiger partial charge in [-0.1, -0.05) is 0 Å². The fourth-order valence-corrected chi connectivity index (χ4v) is 2.36. The van der Waals surface area contributed by atoms with E-state index >= 15 is 0 Å². The highest BCUT2D eigenvalue weighted by atomic mass is 35.5. The average Bonchev–Trinajstić information content (AvgIpc) is 2.45. The summed E-state index contributed by atoms with van der Waals surface area (Å²) in [5.74, 6) is 0.778. The third kappa shape index (κ3) is 3.16. The monoisotopic (exact) mass is 284 g/mol. The summed E-state index contributed by atoms with van der Waals surface area (Å²) in [6.45, 7) is 2.98. The Balaban J connectivity index is 2.18. The number of amides is 1.